The van der Waals surface area contributed by atoms with Crippen LogP contribution in [0.2, 0.25) is 0 Å². The van der Waals surface area contributed by atoms with Gasteiger partial charge in [-0.15, -0.1) is 0 Å². The molecule has 1 aromatic rings. The van der Waals surface area contributed by atoms with Gasteiger partial charge in [-0.3, -0.25) is 4.90 Å². The first-order valence-electron chi connectivity index (χ1n) is 7.60. The molecule has 0 unspecified atom stereocenters. The number of rotatable bonds is 6. The Balaban J connectivity index is 2.21. The molecule has 5 nitrogen and oxygen atoms in total. The fourth-order valence-electron chi connectivity index (χ4n) is 2.75. The average molecular weight is 302 g/mol. The lowest BCUT2D eigenvalue weighted by atomic mass is 10.1. The molecule has 2 rings (SSSR count). The highest BCUT2D eigenvalue weighted by atomic mass is 16.6. The Morgan fingerprint density at radius 1 is 1.50 bits per heavy atom. The van der Waals surface area contributed by atoms with Crippen molar-refractivity contribution in [2.75, 3.05) is 13.2 Å². The first-order valence-corrected chi connectivity index (χ1v) is 7.60. The molecule has 2 atom stereocenters. The zero-order valence-electron chi connectivity index (χ0n) is 13.1. The number of hydrogen-bond donors (Lipinski definition) is 0. The summed E-state index contributed by atoms with van der Waals surface area (Å²) in [6.45, 7) is 4.88. The topological polar surface area (TPSA) is 62.6 Å². The number of nitrogens with zero attached hydrogens (tertiary/aromatic N) is 2. The first kappa shape index (κ1) is 16.5. The van der Waals surface area contributed by atoms with Crippen LogP contribution in [0, 0.1) is 11.3 Å². The van der Waals surface area contributed by atoms with Crippen LogP contribution in [0.25, 0.3) is 0 Å². The zero-order valence-corrected chi connectivity index (χ0v) is 13.1. The molecule has 0 spiro atoms. The molecule has 1 fully saturated rings. The van der Waals surface area contributed by atoms with Gasteiger partial charge in [0.25, 0.3) is 0 Å². The van der Waals surface area contributed by atoms with Gasteiger partial charge in [0, 0.05) is 19.0 Å². The summed E-state index contributed by atoms with van der Waals surface area (Å²) in [5.41, 5.74) is 0.0110. The van der Waals surface area contributed by atoms with Crippen molar-refractivity contribution in [3.8, 4) is 6.07 Å². The van der Waals surface area contributed by atoms with Crippen LogP contribution in [0.3, 0.4) is 0 Å². The van der Waals surface area contributed by atoms with Gasteiger partial charge in [-0.1, -0.05) is 30.3 Å². The molecule has 0 aliphatic carbocycles. The fourth-order valence-corrected chi connectivity index (χ4v) is 2.75. The first-order chi connectivity index (χ1) is 10.6. The Hall–Kier alpha value is -1.90. The summed E-state index contributed by atoms with van der Waals surface area (Å²) in [5, 5.41) is 8.83. The van der Waals surface area contributed by atoms with Gasteiger partial charge in [0.15, 0.2) is 0 Å². The molecule has 0 N–H and O–H groups in total. The second-order valence-corrected chi connectivity index (χ2v) is 5.48. The maximum atomic E-state index is 12.3. The lowest BCUT2D eigenvalue weighted by Gasteiger charge is -2.34. The van der Waals surface area contributed by atoms with E-state index in [0.717, 1.165) is 5.56 Å². The van der Waals surface area contributed by atoms with Crippen molar-refractivity contribution >= 4 is 5.97 Å². The van der Waals surface area contributed by atoms with E-state index in [2.05, 4.69) is 6.07 Å². The molecule has 0 saturated carbocycles. The smallest absolute Gasteiger partial charge is 0.353 e. The minimum Gasteiger partial charge on any atom is -0.463 e. The molecule has 118 valence electrons. The number of benzene rings is 1. The summed E-state index contributed by atoms with van der Waals surface area (Å²) in [5.74, 6) is -0.370. The molecule has 0 bridgehead atoms. The number of ether oxygens (including phenoxy) is 2. The fraction of sp³-hybridized carbons (Fsp3) is 0.529. The highest BCUT2D eigenvalue weighted by Crippen LogP contribution is 2.32. The van der Waals surface area contributed by atoms with E-state index in [9.17, 15) is 4.79 Å². The van der Waals surface area contributed by atoms with E-state index in [1.165, 1.54) is 0 Å². The van der Waals surface area contributed by atoms with Crippen molar-refractivity contribution in [3.05, 3.63) is 35.9 Å². The number of esters is 1. The van der Waals surface area contributed by atoms with E-state index in [4.69, 9.17) is 14.7 Å². The van der Waals surface area contributed by atoms with Crippen molar-refractivity contribution in [3.63, 3.8) is 0 Å². The molecule has 1 aromatic carbocycles. The molecule has 1 aliphatic heterocycles. The molecule has 22 heavy (non-hydrogen) atoms. The van der Waals surface area contributed by atoms with Gasteiger partial charge in [-0.25, -0.2) is 4.79 Å². The average Bonchev–Trinajstić information content (AvgIpc) is 2.85. The molecule has 1 heterocycles. The maximum Gasteiger partial charge on any atom is 0.353 e. The van der Waals surface area contributed by atoms with Crippen molar-refractivity contribution in [1.29, 1.82) is 5.26 Å². The predicted octanol–water partition coefficient (Wildman–Crippen LogP) is 2.47. The van der Waals surface area contributed by atoms with Crippen LogP contribution in [0.15, 0.2) is 30.3 Å². The van der Waals surface area contributed by atoms with E-state index in [1.54, 1.807) is 13.8 Å². The van der Waals surface area contributed by atoms with E-state index in [1.807, 2.05) is 35.2 Å². The SMILES string of the molecule is CCOC(=O)[C@@]1(C)OC[C@@H](CCC#N)N1Cc1ccccc1. The third kappa shape index (κ3) is 3.46. The Morgan fingerprint density at radius 3 is 2.86 bits per heavy atom. The van der Waals surface area contributed by atoms with Crippen LogP contribution in [-0.4, -0.2) is 35.8 Å². The minimum atomic E-state index is -1.09. The van der Waals surface area contributed by atoms with Crippen molar-refractivity contribution < 1.29 is 14.3 Å². The van der Waals surface area contributed by atoms with Crippen molar-refractivity contribution in [1.82, 2.24) is 4.90 Å². The Kier molecular flexibility index (Phi) is 5.53. The molecule has 0 amide bonds. The molecule has 5 heteroatoms. The van der Waals surface area contributed by atoms with Gasteiger partial charge in [-0.05, 0) is 25.8 Å². The standard InChI is InChI=1S/C17H22N2O3/c1-3-21-16(20)17(2)19(12-14-8-5-4-6-9-14)15(13-22-17)10-7-11-18/h4-6,8-9,15H,3,7,10,12-13H2,1-2H3/t15-,17-/m1/s1. The van der Waals surface area contributed by atoms with Crippen LogP contribution < -0.4 is 0 Å². The van der Waals surface area contributed by atoms with E-state index in [0.29, 0.717) is 32.6 Å². The van der Waals surface area contributed by atoms with Gasteiger partial charge >= 0.3 is 5.97 Å². The lowest BCUT2D eigenvalue weighted by molar-refractivity contribution is -0.180. The lowest BCUT2D eigenvalue weighted by Crippen LogP contribution is -2.52. The highest BCUT2D eigenvalue weighted by molar-refractivity contribution is 5.79. The highest BCUT2D eigenvalue weighted by Gasteiger charge is 2.50. The third-order valence-corrected chi connectivity index (χ3v) is 3.98. The normalized spacial score (nSPS) is 24.9. The maximum absolute atomic E-state index is 12.3. The van der Waals surface area contributed by atoms with E-state index < -0.39 is 5.72 Å². The molecule has 1 aliphatic rings. The van der Waals surface area contributed by atoms with Crippen LogP contribution in [-0.2, 0) is 20.8 Å². The molecular weight excluding hydrogens is 280 g/mol. The Morgan fingerprint density at radius 2 is 2.23 bits per heavy atom. The number of carbonyl (C=O) groups is 1. The van der Waals surface area contributed by atoms with Crippen molar-refractivity contribution in [2.45, 2.75) is 45.0 Å². The largest absolute Gasteiger partial charge is 0.463 e. The summed E-state index contributed by atoms with van der Waals surface area (Å²) in [6, 6.07) is 12.1. The Labute approximate surface area is 131 Å². The summed E-state index contributed by atoms with van der Waals surface area (Å²) in [4.78, 5) is 14.3. The molecular formula is C17H22N2O3. The van der Waals surface area contributed by atoms with E-state index in [-0.39, 0.29) is 12.0 Å². The van der Waals surface area contributed by atoms with Crippen LogP contribution >= 0.6 is 0 Å². The van der Waals surface area contributed by atoms with Gasteiger partial charge in [0.1, 0.15) is 0 Å². The Bertz CT molecular complexity index is 541. The molecule has 1 saturated heterocycles. The minimum absolute atomic E-state index is 0.0364. The second kappa shape index (κ2) is 7.39. The summed E-state index contributed by atoms with van der Waals surface area (Å²) < 4.78 is 11.0. The quantitative estimate of drug-likeness (QED) is 0.755. The summed E-state index contributed by atoms with van der Waals surface area (Å²) in [6.07, 6.45) is 1.12. The molecule has 0 aromatic heterocycles. The van der Waals surface area contributed by atoms with E-state index >= 15 is 0 Å². The summed E-state index contributed by atoms with van der Waals surface area (Å²) in [7, 11) is 0. The predicted molar refractivity (Wildman–Crippen MR) is 81.6 cm³/mol. The van der Waals surface area contributed by atoms with Gasteiger partial charge in [0.05, 0.1) is 19.3 Å². The second-order valence-electron chi connectivity index (χ2n) is 5.48. The number of nitriles is 1. The monoisotopic (exact) mass is 302 g/mol. The van der Waals surface area contributed by atoms with Crippen LogP contribution in [0.5, 0.6) is 0 Å². The van der Waals surface area contributed by atoms with Gasteiger partial charge in [-0.2, -0.15) is 5.26 Å². The summed E-state index contributed by atoms with van der Waals surface area (Å²) >= 11 is 0. The third-order valence-electron chi connectivity index (χ3n) is 3.98. The zero-order chi connectivity index (χ0) is 16.0. The van der Waals surface area contributed by atoms with Crippen LogP contribution in [0.4, 0.5) is 0 Å². The van der Waals surface area contributed by atoms with Crippen molar-refractivity contribution in [2.24, 2.45) is 0 Å². The van der Waals surface area contributed by atoms with Crippen LogP contribution in [0.1, 0.15) is 32.3 Å². The number of hydrogen-bond acceptors (Lipinski definition) is 5. The van der Waals surface area contributed by atoms with Gasteiger partial charge in [0.2, 0.25) is 5.72 Å². The molecule has 0 radical (unpaired) electrons. The van der Waals surface area contributed by atoms with Gasteiger partial charge < -0.3 is 9.47 Å². The number of carbonyl (C=O) groups excluding carboxylic acids is 1.